The van der Waals surface area contributed by atoms with Crippen LogP contribution >= 0.6 is 12.4 Å². The standard InChI is InChI=1S/C30H29F7N4O2.ClH/c1-17-12-22(31)7-10-24(17)25-4-2-3-11-41(25)28(43)40-26(39-27(42)19-5-8-23(38)9-6-19)15-18-13-20(29(32,33)34)16-21(14-18)30(35,36)37;/h5-10,12-14,16,25-26H,2-4,11,15,38H2,1H3,(H,39,42)(H,40,43);1H. The molecule has 2 unspecified atom stereocenters. The number of halogens is 8. The lowest BCUT2D eigenvalue weighted by Gasteiger charge is -2.38. The zero-order chi connectivity index (χ0) is 31.5. The van der Waals surface area contributed by atoms with Gasteiger partial charge >= 0.3 is 18.4 Å². The lowest BCUT2D eigenvalue weighted by molar-refractivity contribution is -0.143. The number of nitrogens with two attached hydrogens (primary N) is 1. The number of carbonyl (C=O) groups excluding carboxylic acids is 2. The highest BCUT2D eigenvalue weighted by Crippen LogP contribution is 2.37. The summed E-state index contributed by atoms with van der Waals surface area (Å²) in [5, 5.41) is 5.10. The first-order valence-corrected chi connectivity index (χ1v) is 13.4. The average molecular weight is 647 g/mol. The van der Waals surface area contributed by atoms with E-state index in [0.29, 0.717) is 41.8 Å². The number of amides is 3. The summed E-state index contributed by atoms with van der Waals surface area (Å²) in [4.78, 5) is 28.1. The monoisotopic (exact) mass is 646 g/mol. The van der Waals surface area contributed by atoms with Crippen molar-refractivity contribution < 1.29 is 40.3 Å². The number of rotatable bonds is 6. The molecule has 238 valence electrons. The number of benzene rings is 3. The Morgan fingerprint density at radius 3 is 2.09 bits per heavy atom. The molecule has 14 heteroatoms. The molecule has 6 nitrogen and oxygen atoms in total. The number of aryl methyl sites for hydroxylation is 1. The van der Waals surface area contributed by atoms with Gasteiger partial charge in [0.2, 0.25) is 0 Å². The molecule has 3 aromatic carbocycles. The number of hydrogen-bond donors (Lipinski definition) is 3. The van der Waals surface area contributed by atoms with Crippen LogP contribution in [0.4, 0.5) is 41.2 Å². The molecule has 1 aliphatic heterocycles. The van der Waals surface area contributed by atoms with Gasteiger partial charge in [0.25, 0.3) is 5.91 Å². The van der Waals surface area contributed by atoms with Gasteiger partial charge in [0, 0.05) is 24.2 Å². The van der Waals surface area contributed by atoms with Crippen molar-refractivity contribution >= 4 is 30.0 Å². The molecule has 44 heavy (non-hydrogen) atoms. The number of urea groups is 1. The van der Waals surface area contributed by atoms with Crippen LogP contribution in [0.25, 0.3) is 0 Å². The topological polar surface area (TPSA) is 87.5 Å². The maximum atomic E-state index is 13.8. The average Bonchev–Trinajstić information content (AvgIpc) is 2.92. The number of nitrogens with zero attached hydrogens (tertiary/aromatic N) is 1. The molecule has 4 rings (SSSR count). The van der Waals surface area contributed by atoms with Crippen molar-refractivity contribution in [3.63, 3.8) is 0 Å². The first-order valence-electron chi connectivity index (χ1n) is 13.4. The maximum absolute atomic E-state index is 13.8. The summed E-state index contributed by atoms with van der Waals surface area (Å²) in [5.41, 5.74) is 3.99. The van der Waals surface area contributed by atoms with E-state index >= 15 is 0 Å². The molecular formula is C30H30ClF7N4O2. The molecular weight excluding hydrogens is 617 g/mol. The molecule has 4 N–H and O–H groups in total. The van der Waals surface area contributed by atoms with Crippen molar-refractivity contribution in [2.45, 2.75) is 57.2 Å². The van der Waals surface area contributed by atoms with E-state index in [-0.39, 0.29) is 30.6 Å². The Bertz CT molecular complexity index is 1450. The van der Waals surface area contributed by atoms with Crippen LogP contribution in [-0.4, -0.2) is 29.5 Å². The van der Waals surface area contributed by atoms with E-state index in [1.54, 1.807) is 13.0 Å². The predicted octanol–water partition coefficient (Wildman–Crippen LogP) is 7.41. The van der Waals surface area contributed by atoms with Crippen molar-refractivity contribution in [2.24, 2.45) is 0 Å². The Hall–Kier alpha value is -4.00. The third-order valence-electron chi connectivity index (χ3n) is 7.22. The van der Waals surface area contributed by atoms with Crippen molar-refractivity contribution in [3.8, 4) is 0 Å². The van der Waals surface area contributed by atoms with Crippen LogP contribution in [0.15, 0.2) is 60.7 Å². The van der Waals surface area contributed by atoms with Gasteiger partial charge in [0.1, 0.15) is 12.0 Å². The number of alkyl halides is 6. The van der Waals surface area contributed by atoms with Crippen LogP contribution in [0.1, 0.15) is 63.5 Å². The second kappa shape index (κ2) is 13.7. The minimum Gasteiger partial charge on any atom is -0.399 e. The Labute approximate surface area is 255 Å². The Morgan fingerprint density at radius 1 is 0.909 bits per heavy atom. The lowest BCUT2D eigenvalue weighted by Crippen LogP contribution is -2.54. The smallest absolute Gasteiger partial charge is 0.399 e. The van der Waals surface area contributed by atoms with Crippen LogP contribution in [0.3, 0.4) is 0 Å². The SMILES string of the molecule is Cc1cc(F)ccc1C1CCCCN1C(=O)NC(Cc1cc(C(F)(F)F)cc(C(F)(F)F)c1)NC(=O)c1ccc(N)cc1.Cl. The Balaban J connectivity index is 0.00000529. The molecule has 1 heterocycles. The molecule has 2 atom stereocenters. The molecule has 0 saturated carbocycles. The minimum absolute atomic E-state index is 0. The molecule has 1 fully saturated rings. The fraction of sp³-hybridized carbons (Fsp3) is 0.333. The fourth-order valence-corrected chi connectivity index (χ4v) is 5.13. The van der Waals surface area contributed by atoms with Crippen molar-refractivity contribution in [2.75, 3.05) is 12.3 Å². The molecule has 0 aliphatic carbocycles. The lowest BCUT2D eigenvalue weighted by atomic mass is 9.92. The van der Waals surface area contributed by atoms with Gasteiger partial charge in [-0.05, 0) is 97.5 Å². The molecule has 1 aliphatic rings. The van der Waals surface area contributed by atoms with Crippen LogP contribution in [0.2, 0.25) is 0 Å². The zero-order valence-corrected chi connectivity index (χ0v) is 24.2. The molecule has 0 spiro atoms. The normalized spacial score (nSPS) is 16.1. The highest BCUT2D eigenvalue weighted by atomic mass is 35.5. The summed E-state index contributed by atoms with van der Waals surface area (Å²) >= 11 is 0. The third-order valence-corrected chi connectivity index (χ3v) is 7.22. The summed E-state index contributed by atoms with van der Waals surface area (Å²) in [5.74, 6) is -1.18. The van der Waals surface area contributed by atoms with Gasteiger partial charge in [-0.15, -0.1) is 12.4 Å². The number of hydrogen-bond acceptors (Lipinski definition) is 3. The quantitative estimate of drug-likeness (QED) is 0.148. The van der Waals surface area contributed by atoms with Crippen molar-refractivity contribution in [1.82, 2.24) is 15.5 Å². The van der Waals surface area contributed by atoms with Gasteiger partial charge in [-0.1, -0.05) is 6.07 Å². The van der Waals surface area contributed by atoms with Crippen molar-refractivity contribution in [3.05, 3.63) is 99.9 Å². The number of likely N-dealkylation sites (tertiary alicyclic amines) is 1. The second-order valence-electron chi connectivity index (χ2n) is 10.4. The number of piperidine rings is 1. The number of nitrogens with one attached hydrogen (secondary N) is 2. The largest absolute Gasteiger partial charge is 0.416 e. The highest BCUT2D eigenvalue weighted by molar-refractivity contribution is 5.95. The minimum atomic E-state index is -5.07. The molecule has 0 bridgehead atoms. The number of anilines is 1. The first kappa shape index (κ1) is 34.5. The van der Waals surface area contributed by atoms with E-state index in [0.717, 1.165) is 6.42 Å². The zero-order valence-electron chi connectivity index (χ0n) is 23.4. The van der Waals surface area contributed by atoms with E-state index in [4.69, 9.17) is 5.73 Å². The van der Waals surface area contributed by atoms with Crippen molar-refractivity contribution in [1.29, 1.82) is 0 Å². The van der Waals surface area contributed by atoms with Crippen LogP contribution < -0.4 is 16.4 Å². The van der Waals surface area contributed by atoms with Crippen LogP contribution in [-0.2, 0) is 18.8 Å². The predicted molar refractivity (Wildman–Crippen MR) is 152 cm³/mol. The van der Waals surface area contributed by atoms with Crippen LogP contribution in [0, 0.1) is 12.7 Å². The van der Waals surface area contributed by atoms with E-state index in [9.17, 15) is 40.3 Å². The first-order chi connectivity index (χ1) is 20.1. The molecule has 3 aromatic rings. The Morgan fingerprint density at radius 2 is 1.52 bits per heavy atom. The molecule has 0 radical (unpaired) electrons. The van der Waals surface area contributed by atoms with E-state index in [2.05, 4.69) is 10.6 Å². The summed E-state index contributed by atoms with van der Waals surface area (Å²) in [6.45, 7) is 1.98. The molecule has 3 amide bonds. The maximum Gasteiger partial charge on any atom is 0.416 e. The van der Waals surface area contributed by atoms with E-state index in [1.165, 1.54) is 41.3 Å². The molecule has 1 saturated heterocycles. The number of carbonyl (C=O) groups is 2. The fourth-order valence-electron chi connectivity index (χ4n) is 5.13. The van der Waals surface area contributed by atoms with E-state index in [1.807, 2.05) is 0 Å². The third kappa shape index (κ3) is 8.55. The number of nitrogen functional groups attached to an aromatic ring is 1. The van der Waals surface area contributed by atoms with Gasteiger partial charge in [-0.3, -0.25) is 4.79 Å². The highest BCUT2D eigenvalue weighted by Gasteiger charge is 2.37. The summed E-state index contributed by atoms with van der Waals surface area (Å²) < 4.78 is 94.8. The van der Waals surface area contributed by atoms with Gasteiger partial charge in [0.15, 0.2) is 0 Å². The second-order valence-corrected chi connectivity index (χ2v) is 10.4. The Kier molecular flexibility index (Phi) is 10.8. The van der Waals surface area contributed by atoms with Gasteiger partial charge in [-0.25, -0.2) is 9.18 Å². The van der Waals surface area contributed by atoms with Gasteiger partial charge in [-0.2, -0.15) is 26.3 Å². The summed E-state index contributed by atoms with van der Waals surface area (Å²) in [6.07, 6.45) is -10.2. The molecule has 0 aromatic heterocycles. The van der Waals surface area contributed by atoms with E-state index < -0.39 is 65.4 Å². The summed E-state index contributed by atoms with van der Waals surface area (Å²) in [6, 6.07) is 9.77. The van der Waals surface area contributed by atoms with Gasteiger partial charge < -0.3 is 21.3 Å². The van der Waals surface area contributed by atoms with Crippen LogP contribution in [0.5, 0.6) is 0 Å². The summed E-state index contributed by atoms with van der Waals surface area (Å²) in [7, 11) is 0. The van der Waals surface area contributed by atoms with Gasteiger partial charge in [0.05, 0.1) is 17.2 Å².